The first-order valence-electron chi connectivity index (χ1n) is 6.35. The zero-order valence-corrected chi connectivity index (χ0v) is 11.6. The van der Waals surface area contributed by atoms with E-state index >= 15 is 0 Å². The van der Waals surface area contributed by atoms with Gasteiger partial charge >= 0.3 is 0 Å². The largest absolute Gasteiger partial charge is 0.733 e. The molecule has 2 aromatic heterocycles. The molecule has 0 saturated heterocycles. The van der Waals surface area contributed by atoms with E-state index in [-0.39, 0.29) is 10.9 Å². The van der Waals surface area contributed by atoms with Gasteiger partial charge in [-0.15, -0.1) is 0 Å². The van der Waals surface area contributed by atoms with E-state index in [4.69, 9.17) is 5.21 Å². The van der Waals surface area contributed by atoms with Crippen LogP contribution in [0.15, 0.2) is 54.7 Å². The second kappa shape index (κ2) is 4.56. The maximum absolute atomic E-state index is 10.8. The average molecular weight is 296 g/mol. The molecule has 21 heavy (non-hydrogen) atoms. The molecular formula is C15H10N3O2S-. The maximum atomic E-state index is 10.8. The van der Waals surface area contributed by atoms with Gasteiger partial charge in [0.2, 0.25) is 0 Å². The molecule has 0 aliphatic carbocycles. The van der Waals surface area contributed by atoms with E-state index in [0.717, 1.165) is 21.7 Å². The first kappa shape index (κ1) is 12.3. The molecule has 0 amide bonds. The Hall–Kier alpha value is -2.41. The fraction of sp³-hybridized carbons (Fsp3) is 0. The van der Waals surface area contributed by atoms with E-state index in [1.54, 1.807) is 35.6 Å². The monoisotopic (exact) mass is 296 g/mol. The third-order valence-corrected chi connectivity index (χ3v) is 4.42. The Labute approximate surface area is 123 Å². The van der Waals surface area contributed by atoms with E-state index in [0.29, 0.717) is 0 Å². The highest BCUT2D eigenvalue weighted by molar-refractivity contribution is 7.23. The average Bonchev–Trinajstić information content (AvgIpc) is 3.05. The molecule has 0 aliphatic heterocycles. The molecule has 2 heterocycles. The summed E-state index contributed by atoms with van der Waals surface area (Å²) in [5.41, 5.74) is 3.08. The van der Waals surface area contributed by atoms with Crippen molar-refractivity contribution in [3.05, 3.63) is 59.9 Å². The number of imidazole rings is 1. The third-order valence-electron chi connectivity index (χ3n) is 3.38. The van der Waals surface area contributed by atoms with Crippen LogP contribution in [-0.4, -0.2) is 14.6 Å². The second-order valence-corrected chi connectivity index (χ2v) is 5.68. The van der Waals surface area contributed by atoms with Gasteiger partial charge in [0.1, 0.15) is 0 Å². The van der Waals surface area contributed by atoms with E-state index in [1.165, 1.54) is 4.70 Å². The molecule has 4 rings (SSSR count). The van der Waals surface area contributed by atoms with E-state index in [9.17, 15) is 5.21 Å². The summed E-state index contributed by atoms with van der Waals surface area (Å²) in [5, 5.41) is 19.5. The smallest absolute Gasteiger partial charge is 0.195 e. The topological polar surface area (TPSA) is 63.8 Å². The summed E-state index contributed by atoms with van der Waals surface area (Å²) in [7, 11) is 0. The lowest BCUT2D eigenvalue weighted by atomic mass is 10.1. The summed E-state index contributed by atoms with van der Waals surface area (Å²) in [6.45, 7) is 0. The minimum Gasteiger partial charge on any atom is -0.733 e. The summed E-state index contributed by atoms with van der Waals surface area (Å²) in [5.74, 6) is 0. The van der Waals surface area contributed by atoms with Crippen LogP contribution in [0, 0.1) is 5.21 Å². The molecular weight excluding hydrogens is 286 g/mol. The predicted molar refractivity (Wildman–Crippen MR) is 83.6 cm³/mol. The molecule has 1 N–H and O–H groups in total. The Balaban J connectivity index is 1.83. The van der Waals surface area contributed by atoms with Crippen LogP contribution in [0.1, 0.15) is 0 Å². The normalized spacial score (nSPS) is 11.3. The van der Waals surface area contributed by atoms with Gasteiger partial charge in [-0.3, -0.25) is 9.61 Å². The van der Waals surface area contributed by atoms with Gasteiger partial charge in [0.05, 0.1) is 21.6 Å². The molecule has 0 fully saturated rings. The lowest BCUT2D eigenvalue weighted by Gasteiger charge is -2.21. The lowest BCUT2D eigenvalue weighted by Crippen LogP contribution is -2.06. The van der Waals surface area contributed by atoms with Crippen molar-refractivity contribution in [2.75, 3.05) is 5.23 Å². The highest BCUT2D eigenvalue weighted by Gasteiger charge is 2.09. The zero-order valence-electron chi connectivity index (χ0n) is 10.8. The number of aromatic nitrogens is 2. The Morgan fingerprint density at radius 2 is 1.86 bits per heavy atom. The molecule has 5 nitrogen and oxygen atoms in total. The summed E-state index contributed by atoms with van der Waals surface area (Å²) >= 11 is 1.64. The van der Waals surface area contributed by atoms with Gasteiger partial charge in [0.25, 0.3) is 0 Å². The van der Waals surface area contributed by atoms with Crippen LogP contribution >= 0.6 is 11.3 Å². The number of anilines is 1. The zero-order chi connectivity index (χ0) is 14.4. The Kier molecular flexibility index (Phi) is 2.68. The minimum absolute atomic E-state index is 0.150. The molecule has 2 aromatic carbocycles. The fourth-order valence-electron chi connectivity index (χ4n) is 2.35. The molecule has 104 valence electrons. The molecule has 4 aromatic rings. The molecule has 6 heteroatoms. The third kappa shape index (κ3) is 1.97. The summed E-state index contributed by atoms with van der Waals surface area (Å²) in [6.07, 6.45) is 1.98. The van der Waals surface area contributed by atoms with Crippen LogP contribution in [-0.2, 0) is 0 Å². The summed E-state index contributed by atoms with van der Waals surface area (Å²) in [6, 6.07) is 14.8. The van der Waals surface area contributed by atoms with Gasteiger partial charge in [-0.05, 0) is 24.3 Å². The Morgan fingerprint density at radius 3 is 2.62 bits per heavy atom. The minimum atomic E-state index is -0.150. The SMILES string of the molecule is [O-]N(O)c1ccc(-c2cn3c(n2)sc2ccccc23)cc1. The molecule has 0 spiro atoms. The summed E-state index contributed by atoms with van der Waals surface area (Å²) in [4.78, 5) is 5.56. The van der Waals surface area contributed by atoms with Crippen LogP contribution in [0.3, 0.4) is 0 Å². The van der Waals surface area contributed by atoms with Gasteiger partial charge in [-0.1, -0.05) is 35.6 Å². The number of thiazole rings is 1. The quantitative estimate of drug-likeness (QED) is 0.570. The van der Waals surface area contributed by atoms with Crippen molar-refractivity contribution in [2.24, 2.45) is 0 Å². The highest BCUT2D eigenvalue weighted by atomic mass is 32.1. The number of hydrogen-bond acceptors (Lipinski definition) is 5. The predicted octanol–water partition coefficient (Wildman–Crippen LogP) is 3.91. The van der Waals surface area contributed by atoms with Gasteiger partial charge in [0, 0.05) is 11.8 Å². The standard InChI is InChI=1S/C15H10N3O2S/c19-18(20)11-7-5-10(6-8-11)12-9-17-13-3-1-2-4-14(13)21-15(17)16-12/h1-9,19H/q-1. The van der Waals surface area contributed by atoms with Crippen molar-refractivity contribution in [3.63, 3.8) is 0 Å². The van der Waals surface area contributed by atoms with Crippen molar-refractivity contribution >= 4 is 32.2 Å². The van der Waals surface area contributed by atoms with Gasteiger partial charge < -0.3 is 10.4 Å². The van der Waals surface area contributed by atoms with Crippen molar-refractivity contribution in [2.45, 2.75) is 0 Å². The molecule has 0 saturated carbocycles. The second-order valence-electron chi connectivity index (χ2n) is 4.67. The Morgan fingerprint density at radius 1 is 1.10 bits per heavy atom. The lowest BCUT2D eigenvalue weighted by molar-refractivity contribution is 0.296. The van der Waals surface area contributed by atoms with Crippen molar-refractivity contribution < 1.29 is 5.21 Å². The summed E-state index contributed by atoms with van der Waals surface area (Å²) < 4.78 is 3.26. The number of para-hydroxylation sites is 1. The van der Waals surface area contributed by atoms with Crippen LogP contribution in [0.4, 0.5) is 5.69 Å². The molecule has 0 atom stereocenters. The molecule has 0 radical (unpaired) electrons. The number of rotatable bonds is 2. The van der Waals surface area contributed by atoms with Crippen LogP contribution in [0.2, 0.25) is 0 Å². The molecule has 0 bridgehead atoms. The number of hydrogen-bond donors (Lipinski definition) is 1. The maximum Gasteiger partial charge on any atom is 0.195 e. The van der Waals surface area contributed by atoms with Crippen LogP contribution < -0.4 is 5.23 Å². The van der Waals surface area contributed by atoms with Gasteiger partial charge in [0.15, 0.2) is 4.96 Å². The number of fused-ring (bicyclic) bond motifs is 3. The Bertz CT molecular complexity index is 925. The number of nitrogens with zero attached hydrogens (tertiary/aromatic N) is 3. The van der Waals surface area contributed by atoms with Gasteiger partial charge in [-0.2, -0.15) is 0 Å². The van der Waals surface area contributed by atoms with E-state index < -0.39 is 0 Å². The van der Waals surface area contributed by atoms with Crippen molar-refractivity contribution in [1.29, 1.82) is 0 Å². The van der Waals surface area contributed by atoms with E-state index in [2.05, 4.69) is 21.5 Å². The molecule has 0 unspecified atom stereocenters. The van der Waals surface area contributed by atoms with Crippen molar-refractivity contribution in [3.8, 4) is 11.3 Å². The van der Waals surface area contributed by atoms with Crippen LogP contribution in [0.25, 0.3) is 26.4 Å². The van der Waals surface area contributed by atoms with Crippen molar-refractivity contribution in [1.82, 2.24) is 9.38 Å². The fourth-order valence-corrected chi connectivity index (χ4v) is 3.36. The first-order chi connectivity index (χ1) is 10.2. The van der Waals surface area contributed by atoms with E-state index in [1.807, 2.05) is 18.3 Å². The first-order valence-corrected chi connectivity index (χ1v) is 7.17. The number of benzene rings is 2. The van der Waals surface area contributed by atoms with Gasteiger partial charge in [-0.25, -0.2) is 4.98 Å². The van der Waals surface area contributed by atoms with Crippen LogP contribution in [0.5, 0.6) is 0 Å². The molecule has 0 aliphatic rings. The highest BCUT2D eigenvalue weighted by Crippen LogP contribution is 2.29.